The van der Waals surface area contributed by atoms with Gasteiger partial charge in [0.1, 0.15) is 5.75 Å². The predicted octanol–water partition coefficient (Wildman–Crippen LogP) is 4.24. The summed E-state index contributed by atoms with van der Waals surface area (Å²) in [6, 6.07) is 7.68. The Labute approximate surface area is 121 Å². The number of nitrogen functional groups attached to an aromatic ring is 1. The minimum absolute atomic E-state index is 0.0700. The van der Waals surface area contributed by atoms with Crippen LogP contribution in [0.4, 0.5) is 11.4 Å². The Balaban J connectivity index is 2.38. The molecule has 5 nitrogen and oxygen atoms in total. The van der Waals surface area contributed by atoms with Crippen molar-refractivity contribution in [2.45, 2.75) is 13.8 Å². The summed E-state index contributed by atoms with van der Waals surface area (Å²) in [7, 11) is 0. The fourth-order valence-corrected chi connectivity index (χ4v) is 2.24. The Morgan fingerprint density at radius 3 is 2.30 bits per heavy atom. The van der Waals surface area contributed by atoms with Crippen molar-refractivity contribution >= 4 is 23.0 Å². The van der Waals surface area contributed by atoms with Gasteiger partial charge in [0.05, 0.1) is 10.6 Å². The van der Waals surface area contributed by atoms with Gasteiger partial charge in [-0.15, -0.1) is 0 Å². The lowest BCUT2D eigenvalue weighted by molar-refractivity contribution is -0.384. The van der Waals surface area contributed by atoms with Gasteiger partial charge < -0.3 is 10.5 Å². The van der Waals surface area contributed by atoms with Crippen molar-refractivity contribution in [1.29, 1.82) is 0 Å². The third-order valence-corrected chi connectivity index (χ3v) is 3.06. The van der Waals surface area contributed by atoms with Gasteiger partial charge in [-0.25, -0.2) is 0 Å². The highest BCUT2D eigenvalue weighted by Crippen LogP contribution is 2.35. The van der Waals surface area contributed by atoms with E-state index in [-0.39, 0.29) is 11.4 Å². The lowest BCUT2D eigenvalue weighted by Gasteiger charge is -2.13. The molecule has 0 aromatic heterocycles. The second-order valence-corrected chi connectivity index (χ2v) is 4.89. The first-order valence-corrected chi connectivity index (χ1v) is 6.25. The van der Waals surface area contributed by atoms with Crippen molar-refractivity contribution in [3.05, 3.63) is 56.6 Å². The van der Waals surface area contributed by atoms with Crippen molar-refractivity contribution in [3.8, 4) is 11.5 Å². The fourth-order valence-electron chi connectivity index (χ4n) is 1.91. The van der Waals surface area contributed by atoms with E-state index < -0.39 is 4.92 Å². The number of aryl methyl sites for hydroxylation is 2. The van der Waals surface area contributed by atoms with Gasteiger partial charge in [-0.1, -0.05) is 11.6 Å². The molecule has 0 aliphatic rings. The molecule has 0 amide bonds. The van der Waals surface area contributed by atoms with Crippen LogP contribution in [-0.2, 0) is 0 Å². The largest absolute Gasteiger partial charge is 0.455 e. The number of nitro groups is 1. The average molecular weight is 293 g/mol. The van der Waals surface area contributed by atoms with Crippen LogP contribution in [0.2, 0.25) is 5.02 Å². The molecule has 20 heavy (non-hydrogen) atoms. The molecule has 0 atom stereocenters. The summed E-state index contributed by atoms with van der Waals surface area (Å²) < 4.78 is 5.75. The molecule has 2 aromatic carbocycles. The molecule has 0 radical (unpaired) electrons. The van der Waals surface area contributed by atoms with Gasteiger partial charge in [-0.05, 0) is 43.2 Å². The number of ether oxygens (including phenoxy) is 1. The van der Waals surface area contributed by atoms with E-state index in [0.717, 1.165) is 11.1 Å². The molecule has 0 saturated carbocycles. The first kappa shape index (κ1) is 14.1. The number of halogens is 1. The Kier molecular flexibility index (Phi) is 3.81. The summed E-state index contributed by atoms with van der Waals surface area (Å²) in [5, 5.41) is 11.3. The second-order valence-electron chi connectivity index (χ2n) is 4.45. The molecule has 2 rings (SSSR count). The lowest BCUT2D eigenvalue weighted by Crippen LogP contribution is -1.97. The molecule has 0 fully saturated rings. The Hall–Kier alpha value is -2.27. The van der Waals surface area contributed by atoms with Crippen LogP contribution < -0.4 is 10.5 Å². The molecular weight excluding hydrogens is 280 g/mol. The topological polar surface area (TPSA) is 78.4 Å². The predicted molar refractivity (Wildman–Crippen MR) is 78.5 cm³/mol. The number of nitro benzene ring substituents is 1. The number of non-ortho nitro benzene ring substituents is 1. The number of hydrogen-bond acceptors (Lipinski definition) is 4. The maximum absolute atomic E-state index is 10.7. The van der Waals surface area contributed by atoms with Gasteiger partial charge in [0, 0.05) is 17.2 Å². The molecule has 0 heterocycles. The molecule has 6 heteroatoms. The zero-order valence-electron chi connectivity index (χ0n) is 11.0. The average Bonchev–Trinajstić information content (AvgIpc) is 2.34. The highest BCUT2D eigenvalue weighted by molar-refractivity contribution is 6.30. The van der Waals surface area contributed by atoms with Crippen molar-refractivity contribution in [1.82, 2.24) is 0 Å². The van der Waals surface area contributed by atoms with Crippen molar-refractivity contribution in [3.63, 3.8) is 0 Å². The number of nitrogens with zero attached hydrogens (tertiary/aromatic N) is 1. The van der Waals surface area contributed by atoms with Crippen LogP contribution in [0.3, 0.4) is 0 Å². The zero-order chi connectivity index (χ0) is 14.9. The summed E-state index contributed by atoms with van der Waals surface area (Å²) >= 11 is 5.96. The highest BCUT2D eigenvalue weighted by atomic mass is 35.5. The van der Waals surface area contributed by atoms with Gasteiger partial charge in [0.2, 0.25) is 0 Å². The third kappa shape index (κ3) is 2.83. The maximum atomic E-state index is 10.7. The highest BCUT2D eigenvalue weighted by Gasteiger charge is 2.12. The molecule has 0 aliphatic heterocycles. The van der Waals surface area contributed by atoms with Crippen LogP contribution >= 0.6 is 11.6 Å². The van der Waals surface area contributed by atoms with Gasteiger partial charge in [-0.2, -0.15) is 0 Å². The number of nitrogens with two attached hydrogens (primary N) is 1. The van der Waals surface area contributed by atoms with E-state index in [4.69, 9.17) is 22.1 Å². The van der Waals surface area contributed by atoms with Crippen LogP contribution in [0, 0.1) is 24.0 Å². The van der Waals surface area contributed by atoms with E-state index in [1.807, 2.05) is 13.8 Å². The van der Waals surface area contributed by atoms with E-state index in [9.17, 15) is 10.1 Å². The fraction of sp³-hybridized carbons (Fsp3) is 0.143. The van der Waals surface area contributed by atoms with Gasteiger partial charge in [0.25, 0.3) is 5.69 Å². The molecule has 0 bridgehead atoms. The normalized spacial score (nSPS) is 10.3. The van der Waals surface area contributed by atoms with Crippen molar-refractivity contribution in [2.24, 2.45) is 0 Å². The molecule has 0 aliphatic carbocycles. The Morgan fingerprint density at radius 1 is 1.20 bits per heavy atom. The molecule has 104 valence electrons. The molecule has 2 N–H and O–H groups in total. The van der Waals surface area contributed by atoms with Crippen LogP contribution in [-0.4, -0.2) is 4.92 Å². The summed E-state index contributed by atoms with van der Waals surface area (Å²) in [6.07, 6.45) is 0. The monoisotopic (exact) mass is 292 g/mol. The van der Waals surface area contributed by atoms with E-state index in [0.29, 0.717) is 16.5 Å². The van der Waals surface area contributed by atoms with Crippen LogP contribution in [0.5, 0.6) is 11.5 Å². The number of benzene rings is 2. The van der Waals surface area contributed by atoms with Gasteiger partial charge >= 0.3 is 0 Å². The van der Waals surface area contributed by atoms with E-state index in [1.165, 1.54) is 18.2 Å². The second kappa shape index (κ2) is 5.38. The standard InChI is InChI=1S/C14H13ClN2O3/c1-8-5-10(15)6-9(2)14(8)20-13-4-3-11(17(18)19)7-12(13)16/h3-7H,16H2,1-2H3. The lowest BCUT2D eigenvalue weighted by atomic mass is 10.1. The summed E-state index contributed by atoms with van der Waals surface area (Å²) in [5.41, 5.74) is 7.66. The smallest absolute Gasteiger partial charge is 0.271 e. The minimum Gasteiger partial charge on any atom is -0.455 e. The molecule has 0 saturated heterocycles. The number of hydrogen-bond donors (Lipinski definition) is 1. The van der Waals surface area contributed by atoms with Crippen LogP contribution in [0.15, 0.2) is 30.3 Å². The van der Waals surface area contributed by atoms with Crippen LogP contribution in [0.1, 0.15) is 11.1 Å². The summed E-state index contributed by atoms with van der Waals surface area (Å²) in [4.78, 5) is 10.2. The summed E-state index contributed by atoms with van der Waals surface area (Å²) in [6.45, 7) is 3.74. The third-order valence-electron chi connectivity index (χ3n) is 2.84. The van der Waals surface area contributed by atoms with Crippen molar-refractivity contribution < 1.29 is 9.66 Å². The molecule has 0 unspecified atom stereocenters. The van der Waals surface area contributed by atoms with Gasteiger partial charge in [0.15, 0.2) is 5.75 Å². The van der Waals surface area contributed by atoms with E-state index >= 15 is 0 Å². The minimum atomic E-state index is -0.501. The maximum Gasteiger partial charge on any atom is 0.271 e. The molecule has 0 spiro atoms. The SMILES string of the molecule is Cc1cc(Cl)cc(C)c1Oc1ccc([N+](=O)[O-])cc1N. The first-order valence-electron chi connectivity index (χ1n) is 5.87. The van der Waals surface area contributed by atoms with Crippen molar-refractivity contribution in [2.75, 3.05) is 5.73 Å². The summed E-state index contributed by atoms with van der Waals surface area (Å²) in [5.74, 6) is 1.03. The molecular formula is C14H13ClN2O3. The first-order chi connectivity index (χ1) is 9.38. The van der Waals surface area contributed by atoms with Crippen LogP contribution in [0.25, 0.3) is 0 Å². The molecule has 2 aromatic rings. The Morgan fingerprint density at radius 2 is 1.80 bits per heavy atom. The van der Waals surface area contributed by atoms with E-state index in [1.54, 1.807) is 12.1 Å². The van der Waals surface area contributed by atoms with Gasteiger partial charge in [-0.3, -0.25) is 10.1 Å². The zero-order valence-corrected chi connectivity index (χ0v) is 11.8. The quantitative estimate of drug-likeness (QED) is 0.521. The Bertz CT molecular complexity index is 663. The number of anilines is 1. The van der Waals surface area contributed by atoms with E-state index in [2.05, 4.69) is 0 Å². The number of rotatable bonds is 3.